The van der Waals surface area contributed by atoms with Crippen LogP contribution in [-0.4, -0.2) is 39.9 Å². The first kappa shape index (κ1) is 15.0. The van der Waals surface area contributed by atoms with Crippen molar-refractivity contribution in [2.24, 2.45) is 0 Å². The lowest BCUT2D eigenvalue weighted by molar-refractivity contribution is -0.130. The Balaban J connectivity index is 1.62. The molecular formula is C14H12FN3O2S2. The number of hydrogen-bond donors (Lipinski definition) is 1. The molecule has 1 aromatic carbocycles. The second kappa shape index (κ2) is 6.45. The molecule has 2 amide bonds. The molecule has 1 fully saturated rings. The maximum atomic E-state index is 12.9. The van der Waals surface area contributed by atoms with Crippen LogP contribution in [-0.2, 0) is 9.59 Å². The molecule has 1 aliphatic heterocycles. The number of aromatic nitrogens is 1. The van der Waals surface area contributed by atoms with Crippen LogP contribution in [0.15, 0.2) is 29.6 Å². The number of nitrogens with one attached hydrogen (secondary N) is 1. The molecule has 1 aliphatic rings. The number of hydrogen-bond acceptors (Lipinski definition) is 5. The van der Waals surface area contributed by atoms with Gasteiger partial charge in [-0.05, 0) is 24.3 Å². The number of thiazole rings is 1. The lowest BCUT2D eigenvalue weighted by Crippen LogP contribution is -2.34. The molecule has 1 N–H and O–H groups in total. The zero-order valence-electron chi connectivity index (χ0n) is 11.4. The first-order valence-electron chi connectivity index (χ1n) is 6.48. The van der Waals surface area contributed by atoms with E-state index < -0.39 is 0 Å². The van der Waals surface area contributed by atoms with E-state index in [0.717, 1.165) is 5.56 Å². The highest BCUT2D eigenvalue weighted by atomic mass is 32.2. The Morgan fingerprint density at radius 3 is 2.82 bits per heavy atom. The van der Waals surface area contributed by atoms with E-state index in [-0.39, 0.29) is 24.2 Å². The third-order valence-electron chi connectivity index (χ3n) is 3.05. The Hall–Kier alpha value is -1.93. The van der Waals surface area contributed by atoms with E-state index in [2.05, 4.69) is 10.3 Å². The van der Waals surface area contributed by atoms with Crippen molar-refractivity contribution in [2.75, 3.05) is 23.5 Å². The van der Waals surface area contributed by atoms with Crippen molar-refractivity contribution in [2.45, 2.75) is 0 Å². The lowest BCUT2D eigenvalue weighted by atomic mass is 10.2. The highest BCUT2D eigenvalue weighted by molar-refractivity contribution is 8.00. The monoisotopic (exact) mass is 337 g/mol. The van der Waals surface area contributed by atoms with Crippen LogP contribution in [0.2, 0.25) is 0 Å². The van der Waals surface area contributed by atoms with Gasteiger partial charge in [-0.15, -0.1) is 23.1 Å². The predicted octanol–water partition coefficient (Wildman–Crippen LogP) is 2.42. The Morgan fingerprint density at radius 2 is 2.14 bits per heavy atom. The molecular weight excluding hydrogens is 325 g/mol. The summed E-state index contributed by atoms with van der Waals surface area (Å²) in [4.78, 5) is 29.2. The zero-order chi connectivity index (χ0) is 15.5. The Bertz CT molecular complexity index is 702. The van der Waals surface area contributed by atoms with E-state index in [1.165, 1.54) is 40.1 Å². The van der Waals surface area contributed by atoms with Gasteiger partial charge in [0.25, 0.3) is 0 Å². The van der Waals surface area contributed by atoms with Crippen molar-refractivity contribution in [3.63, 3.8) is 0 Å². The molecule has 3 rings (SSSR count). The van der Waals surface area contributed by atoms with Crippen molar-refractivity contribution in [1.82, 2.24) is 9.88 Å². The SMILES string of the molecule is O=C(CN1CSCC1=O)Nc1nc(-c2ccc(F)cc2)cs1. The molecule has 5 nitrogen and oxygen atoms in total. The van der Waals surface area contributed by atoms with Crippen LogP contribution in [0, 0.1) is 5.82 Å². The summed E-state index contributed by atoms with van der Waals surface area (Å²) in [6.45, 7) is 0.0390. The first-order chi connectivity index (χ1) is 10.6. The highest BCUT2D eigenvalue weighted by Crippen LogP contribution is 2.25. The van der Waals surface area contributed by atoms with Crippen molar-refractivity contribution in [1.29, 1.82) is 0 Å². The average Bonchev–Trinajstić information content (AvgIpc) is 3.10. The average molecular weight is 337 g/mol. The largest absolute Gasteiger partial charge is 0.323 e. The van der Waals surface area contributed by atoms with Crippen LogP contribution < -0.4 is 5.32 Å². The summed E-state index contributed by atoms with van der Waals surface area (Å²) in [5, 5.41) is 4.94. The van der Waals surface area contributed by atoms with E-state index >= 15 is 0 Å². The minimum absolute atomic E-state index is 0.0220. The number of thioether (sulfide) groups is 1. The molecule has 1 saturated heterocycles. The van der Waals surface area contributed by atoms with E-state index in [1.54, 1.807) is 17.5 Å². The lowest BCUT2D eigenvalue weighted by Gasteiger charge is -2.12. The summed E-state index contributed by atoms with van der Waals surface area (Å²) in [5.74, 6) is 0.382. The second-order valence-electron chi connectivity index (χ2n) is 4.66. The molecule has 0 saturated carbocycles. The maximum absolute atomic E-state index is 12.9. The molecule has 2 heterocycles. The molecule has 1 aromatic heterocycles. The quantitative estimate of drug-likeness (QED) is 0.931. The summed E-state index contributed by atoms with van der Waals surface area (Å²) in [6, 6.07) is 6.00. The minimum Gasteiger partial charge on any atom is -0.323 e. The molecule has 0 aliphatic carbocycles. The fourth-order valence-electron chi connectivity index (χ4n) is 1.96. The summed E-state index contributed by atoms with van der Waals surface area (Å²) in [6.07, 6.45) is 0. The Morgan fingerprint density at radius 1 is 1.36 bits per heavy atom. The van der Waals surface area contributed by atoms with Crippen molar-refractivity contribution >= 4 is 40.0 Å². The number of carbonyl (C=O) groups is 2. The number of amides is 2. The fraction of sp³-hybridized carbons (Fsp3) is 0.214. The van der Waals surface area contributed by atoms with Crippen LogP contribution in [0.1, 0.15) is 0 Å². The van der Waals surface area contributed by atoms with Crippen LogP contribution in [0.25, 0.3) is 11.3 Å². The van der Waals surface area contributed by atoms with Gasteiger partial charge in [0.05, 0.1) is 17.3 Å². The maximum Gasteiger partial charge on any atom is 0.245 e. The van der Waals surface area contributed by atoms with Crippen molar-refractivity contribution < 1.29 is 14.0 Å². The molecule has 8 heteroatoms. The molecule has 0 bridgehead atoms. The van der Waals surface area contributed by atoms with E-state index in [0.29, 0.717) is 22.5 Å². The molecule has 0 unspecified atom stereocenters. The summed E-state index contributed by atoms with van der Waals surface area (Å²) in [5.41, 5.74) is 1.46. The molecule has 22 heavy (non-hydrogen) atoms. The highest BCUT2D eigenvalue weighted by Gasteiger charge is 2.23. The van der Waals surface area contributed by atoms with Gasteiger partial charge in [0.1, 0.15) is 12.4 Å². The van der Waals surface area contributed by atoms with Gasteiger partial charge < -0.3 is 10.2 Å². The molecule has 114 valence electrons. The first-order valence-corrected chi connectivity index (χ1v) is 8.52. The topological polar surface area (TPSA) is 62.3 Å². The van der Waals surface area contributed by atoms with Crippen LogP contribution in [0.5, 0.6) is 0 Å². The van der Waals surface area contributed by atoms with Gasteiger partial charge in [0.2, 0.25) is 11.8 Å². The van der Waals surface area contributed by atoms with Gasteiger partial charge in [-0.25, -0.2) is 9.37 Å². The standard InChI is InChI=1S/C14H12FN3O2S2/c15-10-3-1-9(2-4-10)11-6-22-14(16-11)17-12(19)5-18-8-21-7-13(18)20/h1-4,6H,5,7-8H2,(H,16,17,19). The Labute approximate surface area is 134 Å². The van der Waals surface area contributed by atoms with Gasteiger partial charge in [-0.3, -0.25) is 9.59 Å². The third-order valence-corrected chi connectivity index (χ3v) is 4.75. The molecule has 0 spiro atoms. The number of rotatable bonds is 4. The fourth-order valence-corrected chi connectivity index (χ4v) is 3.60. The van der Waals surface area contributed by atoms with Crippen LogP contribution >= 0.6 is 23.1 Å². The second-order valence-corrected chi connectivity index (χ2v) is 6.48. The summed E-state index contributed by atoms with van der Waals surface area (Å²) >= 11 is 2.78. The van der Waals surface area contributed by atoms with Crippen molar-refractivity contribution in [3.8, 4) is 11.3 Å². The number of nitrogens with zero attached hydrogens (tertiary/aromatic N) is 2. The van der Waals surface area contributed by atoms with Gasteiger partial charge in [-0.2, -0.15) is 0 Å². The van der Waals surface area contributed by atoms with E-state index in [4.69, 9.17) is 0 Å². The number of halogens is 1. The number of carbonyl (C=O) groups excluding carboxylic acids is 2. The summed E-state index contributed by atoms with van der Waals surface area (Å²) in [7, 11) is 0. The van der Waals surface area contributed by atoms with Gasteiger partial charge >= 0.3 is 0 Å². The van der Waals surface area contributed by atoms with Gasteiger partial charge in [0.15, 0.2) is 5.13 Å². The molecule has 0 radical (unpaired) electrons. The number of benzene rings is 1. The van der Waals surface area contributed by atoms with E-state index in [9.17, 15) is 14.0 Å². The smallest absolute Gasteiger partial charge is 0.245 e. The van der Waals surface area contributed by atoms with Crippen LogP contribution in [0.3, 0.4) is 0 Å². The zero-order valence-corrected chi connectivity index (χ0v) is 13.0. The minimum atomic E-state index is -0.305. The summed E-state index contributed by atoms with van der Waals surface area (Å²) < 4.78 is 12.9. The van der Waals surface area contributed by atoms with Gasteiger partial charge in [0, 0.05) is 10.9 Å². The number of anilines is 1. The van der Waals surface area contributed by atoms with E-state index in [1.807, 2.05) is 0 Å². The van der Waals surface area contributed by atoms with Crippen molar-refractivity contribution in [3.05, 3.63) is 35.5 Å². The predicted molar refractivity (Wildman–Crippen MR) is 85.2 cm³/mol. The normalized spacial score (nSPS) is 14.4. The Kier molecular flexibility index (Phi) is 4.39. The molecule has 2 aromatic rings. The molecule has 0 atom stereocenters. The third kappa shape index (κ3) is 3.45. The van der Waals surface area contributed by atoms with Gasteiger partial charge in [-0.1, -0.05) is 0 Å². The van der Waals surface area contributed by atoms with Crippen LogP contribution in [0.4, 0.5) is 9.52 Å².